The van der Waals surface area contributed by atoms with Gasteiger partial charge in [-0.1, -0.05) is 25.3 Å². The van der Waals surface area contributed by atoms with Crippen molar-refractivity contribution in [2.45, 2.75) is 71.1 Å². The molecular formula is C20H32N5OS2+. The zero-order valence-corrected chi connectivity index (χ0v) is 18.7. The van der Waals surface area contributed by atoms with Crippen LogP contribution in [0.15, 0.2) is 17.5 Å². The molecule has 0 bridgehead atoms. The van der Waals surface area contributed by atoms with Crippen LogP contribution in [0.25, 0.3) is 0 Å². The molecule has 154 valence electrons. The van der Waals surface area contributed by atoms with Gasteiger partial charge in [0.05, 0.1) is 7.05 Å². The second kappa shape index (κ2) is 9.80. The Morgan fingerprint density at radius 1 is 1.39 bits per heavy atom. The van der Waals surface area contributed by atoms with E-state index in [-0.39, 0.29) is 11.9 Å². The number of quaternary nitrogens is 1. The minimum atomic E-state index is 0.0598. The van der Waals surface area contributed by atoms with Crippen molar-refractivity contribution < 1.29 is 9.69 Å². The maximum atomic E-state index is 12.1. The van der Waals surface area contributed by atoms with Gasteiger partial charge in [0.15, 0.2) is 13.2 Å². The van der Waals surface area contributed by atoms with Gasteiger partial charge in [-0.3, -0.25) is 4.79 Å². The lowest BCUT2D eigenvalue weighted by Crippen LogP contribution is -3.09. The lowest BCUT2D eigenvalue weighted by atomic mass is 9.95. The van der Waals surface area contributed by atoms with Gasteiger partial charge in [0, 0.05) is 23.4 Å². The third-order valence-corrected chi connectivity index (χ3v) is 6.41. The number of hydrogen-bond acceptors (Lipinski definition) is 4. The predicted octanol–water partition coefficient (Wildman–Crippen LogP) is 2.57. The summed E-state index contributed by atoms with van der Waals surface area (Å²) in [6, 6.07) is 4.85. The van der Waals surface area contributed by atoms with Crippen LogP contribution in [-0.2, 0) is 17.9 Å². The van der Waals surface area contributed by atoms with E-state index >= 15 is 0 Å². The molecule has 2 heterocycles. The summed E-state index contributed by atoms with van der Waals surface area (Å²) in [4.78, 5) is 14.5. The number of amides is 1. The number of likely N-dealkylation sites (N-methyl/N-ethyl adjacent to an activating group) is 1. The maximum absolute atomic E-state index is 12.1. The quantitative estimate of drug-likeness (QED) is 0.643. The first-order valence-electron chi connectivity index (χ1n) is 10.2. The Morgan fingerprint density at radius 2 is 2.14 bits per heavy atom. The Kier molecular flexibility index (Phi) is 7.42. The molecule has 1 amide bonds. The Bertz CT molecular complexity index is 818. The molecule has 2 N–H and O–H groups in total. The van der Waals surface area contributed by atoms with E-state index in [0.717, 1.165) is 21.9 Å². The second-order valence-corrected chi connectivity index (χ2v) is 9.53. The fourth-order valence-electron chi connectivity index (χ4n) is 3.92. The number of aromatic nitrogens is 3. The minimum absolute atomic E-state index is 0.0598. The number of carbonyl (C=O) groups is 1. The number of thiophene rings is 1. The zero-order chi connectivity index (χ0) is 20.1. The fraction of sp³-hybridized carbons (Fsp3) is 0.650. The summed E-state index contributed by atoms with van der Waals surface area (Å²) < 4.78 is 5.02. The third kappa shape index (κ3) is 5.52. The third-order valence-electron chi connectivity index (χ3n) is 5.13. The number of hydrogen-bond donors (Lipinski definition) is 2. The van der Waals surface area contributed by atoms with Crippen LogP contribution in [0.2, 0.25) is 0 Å². The predicted molar refractivity (Wildman–Crippen MR) is 115 cm³/mol. The summed E-state index contributed by atoms with van der Waals surface area (Å²) >= 11 is 7.61. The molecular weight excluding hydrogens is 390 g/mol. The van der Waals surface area contributed by atoms with E-state index < -0.39 is 0 Å². The smallest absolute Gasteiger partial charge is 0.275 e. The topological polar surface area (TPSA) is 56.3 Å². The second-order valence-electron chi connectivity index (χ2n) is 8.13. The van der Waals surface area contributed by atoms with Gasteiger partial charge in [-0.2, -0.15) is 9.78 Å². The van der Waals surface area contributed by atoms with E-state index in [9.17, 15) is 4.79 Å². The molecule has 0 spiro atoms. The summed E-state index contributed by atoms with van der Waals surface area (Å²) in [5.74, 6) is 1.11. The van der Waals surface area contributed by atoms with Crippen LogP contribution in [-0.4, -0.2) is 39.9 Å². The van der Waals surface area contributed by atoms with E-state index in [4.69, 9.17) is 17.3 Å². The summed E-state index contributed by atoms with van der Waals surface area (Å²) in [5.41, 5.74) is 0. The van der Waals surface area contributed by atoms with Gasteiger partial charge in [0.25, 0.3) is 5.91 Å². The van der Waals surface area contributed by atoms with Gasteiger partial charge >= 0.3 is 0 Å². The van der Waals surface area contributed by atoms with Crippen molar-refractivity contribution in [3.63, 3.8) is 0 Å². The molecule has 6 nitrogen and oxygen atoms in total. The molecule has 8 heteroatoms. The molecule has 3 rings (SSSR count). The first-order valence-corrected chi connectivity index (χ1v) is 11.5. The van der Waals surface area contributed by atoms with E-state index in [0.29, 0.717) is 19.3 Å². The highest BCUT2D eigenvalue weighted by Gasteiger charge is 2.23. The number of rotatable bonds is 8. The van der Waals surface area contributed by atoms with Crippen molar-refractivity contribution in [2.24, 2.45) is 0 Å². The van der Waals surface area contributed by atoms with Gasteiger partial charge < -0.3 is 14.8 Å². The first-order chi connectivity index (χ1) is 13.4. The lowest BCUT2D eigenvalue weighted by molar-refractivity contribution is -0.895. The molecule has 1 aliphatic carbocycles. The monoisotopic (exact) mass is 422 g/mol. The fourth-order valence-corrected chi connectivity index (χ4v) is 4.98. The van der Waals surface area contributed by atoms with Crippen LogP contribution in [0.1, 0.15) is 62.7 Å². The summed E-state index contributed by atoms with van der Waals surface area (Å²) in [6.45, 7) is 4.97. The molecule has 1 aliphatic rings. The largest absolute Gasteiger partial charge is 0.349 e. The van der Waals surface area contributed by atoms with E-state index in [1.165, 1.54) is 37.0 Å². The average molecular weight is 423 g/mol. The highest BCUT2D eigenvalue weighted by molar-refractivity contribution is 7.71. The van der Waals surface area contributed by atoms with Gasteiger partial charge in [-0.25, -0.2) is 0 Å². The van der Waals surface area contributed by atoms with Crippen LogP contribution in [0.3, 0.4) is 0 Å². The van der Waals surface area contributed by atoms with Gasteiger partial charge in [0.1, 0.15) is 5.82 Å². The Morgan fingerprint density at radius 3 is 2.79 bits per heavy atom. The van der Waals surface area contributed by atoms with Crippen LogP contribution >= 0.6 is 23.6 Å². The Balaban J connectivity index is 1.80. The average Bonchev–Trinajstić information content (AvgIpc) is 3.24. The summed E-state index contributed by atoms with van der Waals surface area (Å²) in [5, 5.41) is 9.96. The van der Waals surface area contributed by atoms with Crippen molar-refractivity contribution in [1.82, 2.24) is 19.7 Å². The molecule has 1 fully saturated rings. The molecule has 1 atom stereocenters. The summed E-state index contributed by atoms with van der Waals surface area (Å²) in [6.07, 6.45) is 7.01. The number of carbonyl (C=O) groups excluding carboxylic acids is 1. The highest BCUT2D eigenvalue weighted by Crippen LogP contribution is 2.30. The first kappa shape index (κ1) is 21.2. The number of nitrogens with one attached hydrogen (secondary N) is 2. The van der Waals surface area contributed by atoms with Crippen LogP contribution < -0.4 is 10.2 Å². The highest BCUT2D eigenvalue weighted by atomic mass is 32.1. The molecule has 0 radical (unpaired) electrons. The Labute approximate surface area is 176 Å². The maximum Gasteiger partial charge on any atom is 0.275 e. The standard InChI is InChI=1S/C20H31N5OS2/c1-15(2)21-19(26)13-23(3)14-24-20(27)25(16-8-5-4-6-9-16)18(22-24)12-17-10-7-11-28-17/h7,10-11,15-16H,4-6,8-9,12-14H2,1-3H3,(H,21,26)/p+1. The minimum Gasteiger partial charge on any atom is -0.349 e. The van der Waals surface area contributed by atoms with Crippen molar-refractivity contribution >= 4 is 29.5 Å². The van der Waals surface area contributed by atoms with Crippen LogP contribution in [0.4, 0.5) is 0 Å². The van der Waals surface area contributed by atoms with E-state index in [2.05, 4.69) is 27.4 Å². The molecule has 0 saturated heterocycles. The SMILES string of the molecule is CC(C)NC(=O)C[NH+](C)Cn1nc(Cc2cccs2)n(C2CCCCC2)c1=S. The molecule has 0 aromatic carbocycles. The summed E-state index contributed by atoms with van der Waals surface area (Å²) in [7, 11) is 2.01. The van der Waals surface area contributed by atoms with E-state index in [1.807, 2.05) is 25.6 Å². The van der Waals surface area contributed by atoms with Crippen molar-refractivity contribution in [3.05, 3.63) is 33.0 Å². The van der Waals surface area contributed by atoms with Crippen LogP contribution in [0.5, 0.6) is 0 Å². The van der Waals surface area contributed by atoms with Crippen LogP contribution in [0, 0.1) is 4.77 Å². The molecule has 2 aromatic heterocycles. The Hall–Kier alpha value is -1.51. The molecule has 1 saturated carbocycles. The molecule has 28 heavy (non-hydrogen) atoms. The normalized spacial score (nSPS) is 16.4. The zero-order valence-electron chi connectivity index (χ0n) is 17.1. The number of nitrogens with zero attached hydrogens (tertiary/aromatic N) is 3. The van der Waals surface area contributed by atoms with Crippen molar-refractivity contribution in [1.29, 1.82) is 0 Å². The van der Waals surface area contributed by atoms with Crippen molar-refractivity contribution in [2.75, 3.05) is 13.6 Å². The molecule has 0 aliphatic heterocycles. The van der Waals surface area contributed by atoms with Gasteiger partial charge in [-0.05, 0) is 50.4 Å². The molecule has 1 unspecified atom stereocenters. The molecule has 2 aromatic rings. The van der Waals surface area contributed by atoms with Gasteiger partial charge in [-0.15, -0.1) is 11.3 Å². The lowest BCUT2D eigenvalue weighted by Gasteiger charge is -2.24. The van der Waals surface area contributed by atoms with Gasteiger partial charge in [0.2, 0.25) is 4.77 Å². The van der Waals surface area contributed by atoms with Crippen molar-refractivity contribution in [3.8, 4) is 0 Å². The van der Waals surface area contributed by atoms with E-state index in [1.54, 1.807) is 11.3 Å².